The maximum absolute atomic E-state index is 6.02. The number of rotatable bonds is 8. The second kappa shape index (κ2) is 8.41. The first-order valence-electron chi connectivity index (χ1n) is 10.8. The van der Waals surface area contributed by atoms with Gasteiger partial charge in [0, 0.05) is 32.8 Å². The largest absolute Gasteiger partial charge is 0.381 e. The van der Waals surface area contributed by atoms with Crippen LogP contribution in [-0.4, -0.2) is 55.7 Å². The van der Waals surface area contributed by atoms with Crippen molar-refractivity contribution in [2.45, 2.75) is 46.1 Å². The summed E-state index contributed by atoms with van der Waals surface area (Å²) in [5, 5.41) is 0. The van der Waals surface area contributed by atoms with E-state index in [0.29, 0.717) is 0 Å². The highest BCUT2D eigenvalue weighted by Gasteiger charge is 2.55. The third kappa shape index (κ3) is 4.68. The predicted molar refractivity (Wildman–Crippen MR) is 107 cm³/mol. The van der Waals surface area contributed by atoms with E-state index in [0.717, 1.165) is 37.5 Å². The van der Waals surface area contributed by atoms with Crippen molar-refractivity contribution in [3.63, 3.8) is 0 Å². The molecule has 1 aromatic carbocycles. The molecule has 1 aliphatic carbocycles. The van der Waals surface area contributed by atoms with Crippen LogP contribution in [0.5, 0.6) is 0 Å². The number of piperidine rings is 2. The van der Waals surface area contributed by atoms with Crippen LogP contribution in [0.4, 0.5) is 0 Å². The molecule has 0 aromatic heterocycles. The van der Waals surface area contributed by atoms with Gasteiger partial charge in [-0.2, -0.15) is 0 Å². The van der Waals surface area contributed by atoms with E-state index in [2.05, 4.69) is 41.8 Å². The molecule has 3 aliphatic rings. The number of ether oxygens (including phenoxy) is 1. The molecule has 3 fully saturated rings. The highest BCUT2D eigenvalue weighted by Crippen LogP contribution is 2.52. The van der Waals surface area contributed by atoms with Gasteiger partial charge >= 0.3 is 0 Å². The molecule has 26 heavy (non-hydrogen) atoms. The molecule has 2 heterocycles. The Labute approximate surface area is 159 Å². The predicted octanol–water partition coefficient (Wildman–Crippen LogP) is 3.87. The fourth-order valence-corrected chi connectivity index (χ4v) is 5.32. The number of aryl methyl sites for hydroxylation is 2. The van der Waals surface area contributed by atoms with Crippen molar-refractivity contribution in [1.82, 2.24) is 9.80 Å². The van der Waals surface area contributed by atoms with Crippen LogP contribution in [0.3, 0.4) is 0 Å². The zero-order valence-corrected chi connectivity index (χ0v) is 16.8. The first-order chi connectivity index (χ1) is 12.7. The van der Waals surface area contributed by atoms with E-state index in [-0.39, 0.29) is 0 Å². The number of fused-ring (bicyclic) bond motifs is 1. The van der Waals surface area contributed by atoms with E-state index in [4.69, 9.17) is 4.74 Å². The van der Waals surface area contributed by atoms with Crippen molar-refractivity contribution < 1.29 is 4.74 Å². The Hall–Kier alpha value is -0.900. The van der Waals surface area contributed by atoms with E-state index in [1.54, 1.807) is 0 Å². The van der Waals surface area contributed by atoms with Crippen LogP contribution >= 0.6 is 0 Å². The molecular weight excluding hydrogens is 320 g/mol. The highest BCUT2D eigenvalue weighted by molar-refractivity contribution is 5.28. The summed E-state index contributed by atoms with van der Waals surface area (Å²) in [5.74, 6) is 2.66. The molecule has 2 saturated heterocycles. The normalized spacial score (nSPS) is 29.1. The van der Waals surface area contributed by atoms with Crippen LogP contribution in [0.2, 0.25) is 0 Å². The number of likely N-dealkylation sites (tertiary alicyclic amines) is 2. The SMILES string of the molecule is Cc1cc(C)cc(CN2C[C@@H]3C(COCCCN4CCCCC4)[C@@H]3C2)c1. The summed E-state index contributed by atoms with van der Waals surface area (Å²) in [6.45, 7) is 13.9. The molecule has 4 rings (SSSR count). The second-order valence-corrected chi connectivity index (χ2v) is 9.01. The van der Waals surface area contributed by atoms with Gasteiger partial charge in [0.25, 0.3) is 0 Å². The molecule has 0 amide bonds. The lowest BCUT2D eigenvalue weighted by atomic mass is 10.1. The average Bonchev–Trinajstić information content (AvgIpc) is 3.06. The Balaban J connectivity index is 1.10. The summed E-state index contributed by atoms with van der Waals surface area (Å²) in [4.78, 5) is 5.26. The summed E-state index contributed by atoms with van der Waals surface area (Å²) >= 11 is 0. The Bertz CT molecular complexity index is 564. The minimum Gasteiger partial charge on any atom is -0.381 e. The third-order valence-electron chi connectivity index (χ3n) is 6.66. The zero-order valence-electron chi connectivity index (χ0n) is 16.8. The maximum atomic E-state index is 6.02. The molecule has 0 spiro atoms. The van der Waals surface area contributed by atoms with Gasteiger partial charge in [-0.05, 0) is 69.5 Å². The van der Waals surface area contributed by atoms with Crippen LogP contribution in [0.25, 0.3) is 0 Å². The van der Waals surface area contributed by atoms with Gasteiger partial charge in [-0.25, -0.2) is 0 Å². The Morgan fingerprint density at radius 3 is 2.31 bits per heavy atom. The number of benzene rings is 1. The van der Waals surface area contributed by atoms with Crippen molar-refractivity contribution in [2.75, 3.05) is 45.9 Å². The molecule has 3 heteroatoms. The molecule has 3 atom stereocenters. The van der Waals surface area contributed by atoms with E-state index in [1.807, 2.05) is 0 Å². The van der Waals surface area contributed by atoms with Gasteiger partial charge in [-0.1, -0.05) is 35.7 Å². The minimum absolute atomic E-state index is 0.848. The van der Waals surface area contributed by atoms with E-state index < -0.39 is 0 Å². The fraction of sp³-hybridized carbons (Fsp3) is 0.739. The van der Waals surface area contributed by atoms with Crippen LogP contribution in [0.1, 0.15) is 42.4 Å². The lowest BCUT2D eigenvalue weighted by Crippen LogP contribution is -2.31. The summed E-state index contributed by atoms with van der Waals surface area (Å²) in [7, 11) is 0. The lowest BCUT2D eigenvalue weighted by molar-refractivity contribution is 0.0967. The topological polar surface area (TPSA) is 15.7 Å². The van der Waals surface area contributed by atoms with Gasteiger partial charge in [0.05, 0.1) is 6.61 Å². The van der Waals surface area contributed by atoms with Gasteiger partial charge in [0.1, 0.15) is 0 Å². The standard InChI is InChI=1S/C23H36N2O/c1-18-11-19(2)13-20(12-18)14-25-15-21-22(16-25)23(21)17-26-10-6-9-24-7-4-3-5-8-24/h11-13,21-23H,3-10,14-17H2,1-2H3/t21-,22+,23?. The minimum atomic E-state index is 0.848. The molecule has 144 valence electrons. The van der Waals surface area contributed by atoms with Crippen LogP contribution in [0, 0.1) is 31.6 Å². The van der Waals surface area contributed by atoms with Crippen molar-refractivity contribution in [3.05, 3.63) is 34.9 Å². The molecule has 0 N–H and O–H groups in total. The van der Waals surface area contributed by atoms with Crippen molar-refractivity contribution in [1.29, 1.82) is 0 Å². The molecule has 1 unspecified atom stereocenters. The fourth-order valence-electron chi connectivity index (χ4n) is 5.32. The summed E-state index contributed by atoms with van der Waals surface area (Å²) in [6.07, 6.45) is 5.43. The highest BCUT2D eigenvalue weighted by atomic mass is 16.5. The Morgan fingerprint density at radius 2 is 1.62 bits per heavy atom. The average molecular weight is 357 g/mol. The number of nitrogens with zero attached hydrogens (tertiary/aromatic N) is 2. The van der Waals surface area contributed by atoms with Crippen LogP contribution < -0.4 is 0 Å². The van der Waals surface area contributed by atoms with Gasteiger partial charge in [-0.15, -0.1) is 0 Å². The summed E-state index contributed by atoms with van der Waals surface area (Å²) in [5.41, 5.74) is 4.26. The van der Waals surface area contributed by atoms with Crippen LogP contribution in [0.15, 0.2) is 18.2 Å². The molecule has 1 saturated carbocycles. The van der Waals surface area contributed by atoms with Gasteiger partial charge in [0.2, 0.25) is 0 Å². The first-order valence-corrected chi connectivity index (χ1v) is 10.8. The maximum Gasteiger partial charge on any atom is 0.0500 e. The Kier molecular flexibility index (Phi) is 5.97. The molecule has 0 bridgehead atoms. The molecular formula is C23H36N2O. The van der Waals surface area contributed by atoms with Gasteiger partial charge in [-0.3, -0.25) is 4.90 Å². The molecule has 2 aliphatic heterocycles. The molecule has 1 aromatic rings. The van der Waals surface area contributed by atoms with E-state index >= 15 is 0 Å². The monoisotopic (exact) mass is 356 g/mol. The van der Waals surface area contributed by atoms with E-state index in [9.17, 15) is 0 Å². The number of hydrogen-bond donors (Lipinski definition) is 0. The third-order valence-corrected chi connectivity index (χ3v) is 6.66. The van der Waals surface area contributed by atoms with Crippen molar-refractivity contribution in [2.24, 2.45) is 17.8 Å². The quantitative estimate of drug-likeness (QED) is 0.658. The molecule has 3 nitrogen and oxygen atoms in total. The Morgan fingerprint density at radius 1 is 0.923 bits per heavy atom. The lowest BCUT2D eigenvalue weighted by Gasteiger charge is -2.26. The molecule has 0 radical (unpaired) electrons. The van der Waals surface area contributed by atoms with Gasteiger partial charge < -0.3 is 9.64 Å². The number of hydrogen-bond acceptors (Lipinski definition) is 3. The second-order valence-electron chi connectivity index (χ2n) is 9.01. The first kappa shape index (κ1) is 18.5. The summed E-state index contributed by atoms with van der Waals surface area (Å²) < 4.78 is 6.02. The summed E-state index contributed by atoms with van der Waals surface area (Å²) in [6, 6.07) is 6.96. The van der Waals surface area contributed by atoms with Crippen LogP contribution in [-0.2, 0) is 11.3 Å². The zero-order chi connectivity index (χ0) is 17.9. The van der Waals surface area contributed by atoms with E-state index in [1.165, 1.54) is 75.1 Å². The van der Waals surface area contributed by atoms with Crippen molar-refractivity contribution >= 4 is 0 Å². The smallest absolute Gasteiger partial charge is 0.0500 e. The van der Waals surface area contributed by atoms with Gasteiger partial charge in [0.15, 0.2) is 0 Å². The van der Waals surface area contributed by atoms with Crippen molar-refractivity contribution in [3.8, 4) is 0 Å².